The van der Waals surface area contributed by atoms with Crippen LogP contribution in [0.4, 0.5) is 0 Å². The summed E-state index contributed by atoms with van der Waals surface area (Å²) in [6.07, 6.45) is 1.08. The minimum atomic E-state index is 0.492. The second-order valence-corrected chi connectivity index (χ2v) is 4.40. The molecule has 1 atom stereocenters. The highest BCUT2D eigenvalue weighted by atomic mass is 35.5. The third-order valence-electron chi connectivity index (χ3n) is 2.63. The largest absolute Gasteiger partial charge is 0.477 e. The fraction of sp³-hybridized carbons (Fsp3) is 0.583. The molecule has 1 saturated heterocycles. The van der Waals surface area contributed by atoms with Gasteiger partial charge in [-0.15, -0.1) is 11.6 Å². The lowest BCUT2D eigenvalue weighted by Crippen LogP contribution is -2.12. The maximum absolute atomic E-state index is 5.79. The number of rotatable bonds is 4. The highest BCUT2D eigenvalue weighted by Gasteiger charge is 2.16. The van der Waals surface area contributed by atoms with Crippen LogP contribution in [0.5, 0.6) is 5.88 Å². The van der Waals surface area contributed by atoms with E-state index >= 15 is 0 Å². The van der Waals surface area contributed by atoms with Gasteiger partial charge in [-0.05, 0) is 25.0 Å². The van der Waals surface area contributed by atoms with Crippen LogP contribution in [0.25, 0.3) is 0 Å². The van der Waals surface area contributed by atoms with Crippen molar-refractivity contribution in [3.63, 3.8) is 0 Å². The van der Waals surface area contributed by atoms with Gasteiger partial charge in [0, 0.05) is 30.2 Å². The highest BCUT2D eigenvalue weighted by Crippen LogP contribution is 2.17. The van der Waals surface area contributed by atoms with Gasteiger partial charge < -0.3 is 9.47 Å². The normalized spacial score (nSPS) is 20.0. The van der Waals surface area contributed by atoms with E-state index in [1.165, 1.54) is 0 Å². The Balaban J connectivity index is 1.94. The Kier molecular flexibility index (Phi) is 4.02. The molecule has 0 spiro atoms. The molecule has 1 aromatic rings. The number of aromatic nitrogens is 1. The summed E-state index contributed by atoms with van der Waals surface area (Å²) in [5.74, 6) is 1.66. The Bertz CT molecular complexity index is 351. The quantitative estimate of drug-likeness (QED) is 0.760. The lowest BCUT2D eigenvalue weighted by atomic mass is 10.1. The number of alkyl halides is 1. The molecule has 0 N–H and O–H groups in total. The molecular weight excluding hydrogens is 226 g/mol. The number of aryl methyl sites for hydroxylation is 1. The van der Waals surface area contributed by atoms with Crippen molar-refractivity contribution in [2.75, 3.05) is 19.8 Å². The highest BCUT2D eigenvalue weighted by molar-refractivity contribution is 6.17. The summed E-state index contributed by atoms with van der Waals surface area (Å²) in [5.41, 5.74) is 1.99. The van der Waals surface area contributed by atoms with Crippen LogP contribution in [-0.2, 0) is 10.6 Å². The van der Waals surface area contributed by atoms with Crippen molar-refractivity contribution < 1.29 is 9.47 Å². The summed E-state index contributed by atoms with van der Waals surface area (Å²) < 4.78 is 11.0. The SMILES string of the molecule is Cc1cc(CCl)cc(OCC2CCOC2)n1. The fourth-order valence-electron chi connectivity index (χ4n) is 1.78. The molecule has 3 nitrogen and oxygen atoms in total. The van der Waals surface area contributed by atoms with Crippen LogP contribution >= 0.6 is 11.6 Å². The van der Waals surface area contributed by atoms with Gasteiger partial charge in [-0.25, -0.2) is 4.98 Å². The van der Waals surface area contributed by atoms with Crippen LogP contribution in [0.1, 0.15) is 17.7 Å². The molecular formula is C12H16ClNO2. The average Bonchev–Trinajstić information content (AvgIpc) is 2.78. The standard InChI is InChI=1S/C12H16ClNO2/c1-9-4-11(6-13)5-12(14-9)16-8-10-2-3-15-7-10/h4-5,10H,2-3,6-8H2,1H3. The van der Waals surface area contributed by atoms with E-state index in [0.29, 0.717) is 24.3 Å². The van der Waals surface area contributed by atoms with Gasteiger partial charge in [0.15, 0.2) is 0 Å². The fourth-order valence-corrected chi connectivity index (χ4v) is 1.93. The lowest BCUT2D eigenvalue weighted by molar-refractivity contribution is 0.165. The van der Waals surface area contributed by atoms with Crippen LogP contribution in [-0.4, -0.2) is 24.8 Å². The first kappa shape index (κ1) is 11.7. The van der Waals surface area contributed by atoms with Crippen LogP contribution in [0, 0.1) is 12.8 Å². The van der Waals surface area contributed by atoms with Crippen LogP contribution in [0.15, 0.2) is 12.1 Å². The number of halogens is 1. The minimum absolute atomic E-state index is 0.492. The summed E-state index contributed by atoms with van der Waals surface area (Å²) in [4.78, 5) is 4.32. The van der Waals surface area contributed by atoms with Crippen molar-refractivity contribution in [3.05, 3.63) is 23.4 Å². The van der Waals surface area contributed by atoms with Gasteiger partial charge >= 0.3 is 0 Å². The number of nitrogens with zero attached hydrogens (tertiary/aromatic N) is 1. The average molecular weight is 242 g/mol. The van der Waals surface area contributed by atoms with E-state index in [2.05, 4.69) is 4.98 Å². The van der Waals surface area contributed by atoms with Crippen LogP contribution < -0.4 is 4.74 Å². The first-order valence-corrected chi connectivity index (χ1v) is 6.05. The molecule has 0 bridgehead atoms. The van der Waals surface area contributed by atoms with Gasteiger partial charge in [0.2, 0.25) is 5.88 Å². The van der Waals surface area contributed by atoms with Crippen LogP contribution in [0.2, 0.25) is 0 Å². The molecule has 0 amide bonds. The van der Waals surface area contributed by atoms with E-state index < -0.39 is 0 Å². The molecule has 0 aromatic carbocycles. The third-order valence-corrected chi connectivity index (χ3v) is 2.94. The molecule has 1 unspecified atom stereocenters. The Labute approximate surface area is 101 Å². The van der Waals surface area contributed by atoms with Gasteiger partial charge in [-0.1, -0.05) is 0 Å². The van der Waals surface area contributed by atoms with Crippen molar-refractivity contribution in [2.24, 2.45) is 5.92 Å². The second kappa shape index (κ2) is 5.51. The Morgan fingerprint density at radius 1 is 1.56 bits per heavy atom. The topological polar surface area (TPSA) is 31.4 Å². The summed E-state index contributed by atoms with van der Waals surface area (Å²) >= 11 is 5.79. The smallest absolute Gasteiger partial charge is 0.213 e. The number of hydrogen-bond donors (Lipinski definition) is 0. The van der Waals surface area contributed by atoms with Gasteiger partial charge in [0.1, 0.15) is 0 Å². The van der Waals surface area contributed by atoms with E-state index in [0.717, 1.165) is 30.9 Å². The number of ether oxygens (including phenoxy) is 2. The molecule has 1 aromatic heterocycles. The number of hydrogen-bond acceptors (Lipinski definition) is 3. The predicted molar refractivity (Wildman–Crippen MR) is 63.0 cm³/mol. The van der Waals surface area contributed by atoms with Crippen LogP contribution in [0.3, 0.4) is 0 Å². The van der Waals surface area contributed by atoms with Gasteiger partial charge in [-0.2, -0.15) is 0 Å². The summed E-state index contributed by atoms with van der Waals surface area (Å²) in [6.45, 7) is 4.27. The molecule has 88 valence electrons. The Morgan fingerprint density at radius 2 is 2.44 bits per heavy atom. The zero-order valence-electron chi connectivity index (χ0n) is 9.41. The van der Waals surface area contributed by atoms with Gasteiger partial charge in [-0.3, -0.25) is 0 Å². The van der Waals surface area contributed by atoms with E-state index in [1.54, 1.807) is 0 Å². The zero-order valence-corrected chi connectivity index (χ0v) is 10.2. The maximum Gasteiger partial charge on any atom is 0.213 e. The van der Waals surface area contributed by atoms with Crippen molar-refractivity contribution in [1.82, 2.24) is 4.98 Å². The molecule has 0 saturated carbocycles. The molecule has 16 heavy (non-hydrogen) atoms. The molecule has 2 heterocycles. The monoisotopic (exact) mass is 241 g/mol. The van der Waals surface area contributed by atoms with E-state index in [1.807, 2.05) is 19.1 Å². The first-order valence-electron chi connectivity index (χ1n) is 5.52. The zero-order chi connectivity index (χ0) is 11.4. The summed E-state index contributed by atoms with van der Waals surface area (Å²) in [7, 11) is 0. The Hall–Kier alpha value is -0.800. The van der Waals surface area contributed by atoms with E-state index in [9.17, 15) is 0 Å². The molecule has 1 aliphatic heterocycles. The van der Waals surface area contributed by atoms with Crippen molar-refractivity contribution in [2.45, 2.75) is 19.2 Å². The summed E-state index contributed by atoms with van der Waals surface area (Å²) in [5, 5.41) is 0. The molecule has 1 aliphatic rings. The minimum Gasteiger partial charge on any atom is -0.477 e. The molecule has 0 aliphatic carbocycles. The van der Waals surface area contributed by atoms with Crippen molar-refractivity contribution in [1.29, 1.82) is 0 Å². The summed E-state index contributed by atoms with van der Waals surface area (Å²) in [6, 6.07) is 3.87. The van der Waals surface area contributed by atoms with Gasteiger partial charge in [0.25, 0.3) is 0 Å². The van der Waals surface area contributed by atoms with Crippen molar-refractivity contribution in [3.8, 4) is 5.88 Å². The number of pyridine rings is 1. The molecule has 0 radical (unpaired) electrons. The first-order chi connectivity index (χ1) is 7.78. The molecule has 2 rings (SSSR count). The third kappa shape index (κ3) is 3.09. The van der Waals surface area contributed by atoms with Gasteiger partial charge in [0.05, 0.1) is 13.2 Å². The van der Waals surface area contributed by atoms with Crippen molar-refractivity contribution >= 4 is 11.6 Å². The molecule has 4 heteroatoms. The molecule has 1 fully saturated rings. The predicted octanol–water partition coefficient (Wildman–Crippen LogP) is 2.54. The van der Waals surface area contributed by atoms with E-state index in [-0.39, 0.29) is 0 Å². The Morgan fingerprint density at radius 3 is 3.12 bits per heavy atom. The second-order valence-electron chi connectivity index (χ2n) is 4.13. The maximum atomic E-state index is 5.79. The lowest BCUT2D eigenvalue weighted by Gasteiger charge is -2.10. The van der Waals surface area contributed by atoms with E-state index in [4.69, 9.17) is 21.1 Å².